The Labute approximate surface area is 112 Å². The predicted octanol–water partition coefficient (Wildman–Crippen LogP) is 4.18. The van der Waals surface area contributed by atoms with Gasteiger partial charge in [0.15, 0.2) is 5.78 Å². The highest BCUT2D eigenvalue weighted by molar-refractivity contribution is 6.31. The van der Waals surface area contributed by atoms with Crippen molar-refractivity contribution in [3.8, 4) is 0 Å². The van der Waals surface area contributed by atoms with Crippen LogP contribution in [0.3, 0.4) is 0 Å². The summed E-state index contributed by atoms with van der Waals surface area (Å²) >= 11 is 5.71. The molecule has 0 amide bonds. The SMILES string of the molecule is O=C(Cc1cccc(F)c1Cl)c1cc(F)cc(F)c1. The summed E-state index contributed by atoms with van der Waals surface area (Å²) in [5, 5.41) is -0.160. The van der Waals surface area contributed by atoms with Crippen molar-refractivity contribution in [2.75, 3.05) is 0 Å². The van der Waals surface area contributed by atoms with Gasteiger partial charge in [-0.25, -0.2) is 13.2 Å². The number of carbonyl (C=O) groups excluding carboxylic acids is 1. The minimum absolute atomic E-state index is 0.113. The second-order valence-corrected chi connectivity index (χ2v) is 4.35. The minimum Gasteiger partial charge on any atom is -0.294 e. The fourth-order valence-electron chi connectivity index (χ4n) is 1.67. The first-order valence-electron chi connectivity index (χ1n) is 5.39. The Morgan fingerprint density at radius 3 is 2.32 bits per heavy atom. The van der Waals surface area contributed by atoms with E-state index < -0.39 is 23.2 Å². The molecule has 19 heavy (non-hydrogen) atoms. The molecule has 0 N–H and O–H groups in total. The monoisotopic (exact) mass is 284 g/mol. The van der Waals surface area contributed by atoms with Crippen molar-refractivity contribution in [1.29, 1.82) is 0 Å². The zero-order valence-corrected chi connectivity index (χ0v) is 10.3. The van der Waals surface area contributed by atoms with Crippen molar-refractivity contribution in [1.82, 2.24) is 0 Å². The molecule has 0 bridgehead atoms. The van der Waals surface area contributed by atoms with Crippen LogP contribution >= 0.6 is 11.6 Å². The molecular formula is C14H8ClF3O. The second kappa shape index (κ2) is 5.45. The van der Waals surface area contributed by atoms with Gasteiger partial charge in [0.2, 0.25) is 0 Å². The van der Waals surface area contributed by atoms with Crippen molar-refractivity contribution in [3.05, 3.63) is 70.0 Å². The third-order valence-corrected chi connectivity index (χ3v) is 2.99. The number of Topliss-reactive ketones (excluding diaryl/α,β-unsaturated/α-hetero) is 1. The van der Waals surface area contributed by atoms with Crippen LogP contribution in [-0.4, -0.2) is 5.78 Å². The van der Waals surface area contributed by atoms with Crippen LogP contribution in [0.4, 0.5) is 13.2 Å². The van der Waals surface area contributed by atoms with E-state index >= 15 is 0 Å². The molecule has 0 aliphatic rings. The highest BCUT2D eigenvalue weighted by Gasteiger charge is 2.13. The van der Waals surface area contributed by atoms with E-state index in [0.717, 1.165) is 18.2 Å². The number of ketones is 1. The van der Waals surface area contributed by atoms with E-state index in [1.807, 2.05) is 0 Å². The highest BCUT2D eigenvalue weighted by atomic mass is 35.5. The summed E-state index contributed by atoms with van der Waals surface area (Å²) in [6.07, 6.45) is -0.223. The summed E-state index contributed by atoms with van der Waals surface area (Å²) in [7, 11) is 0. The largest absolute Gasteiger partial charge is 0.294 e. The number of hydrogen-bond donors (Lipinski definition) is 0. The van der Waals surface area contributed by atoms with E-state index in [4.69, 9.17) is 11.6 Å². The van der Waals surface area contributed by atoms with Crippen molar-refractivity contribution >= 4 is 17.4 Å². The molecule has 0 unspecified atom stereocenters. The molecule has 0 radical (unpaired) electrons. The first-order valence-corrected chi connectivity index (χ1v) is 5.77. The topological polar surface area (TPSA) is 17.1 Å². The molecule has 0 spiro atoms. The van der Waals surface area contributed by atoms with Crippen LogP contribution in [0.1, 0.15) is 15.9 Å². The van der Waals surface area contributed by atoms with Gasteiger partial charge in [-0.3, -0.25) is 4.79 Å². The van der Waals surface area contributed by atoms with Gasteiger partial charge in [0.25, 0.3) is 0 Å². The van der Waals surface area contributed by atoms with E-state index in [1.165, 1.54) is 12.1 Å². The van der Waals surface area contributed by atoms with E-state index in [-0.39, 0.29) is 22.6 Å². The molecule has 0 aromatic heterocycles. The van der Waals surface area contributed by atoms with Gasteiger partial charge in [-0.2, -0.15) is 0 Å². The Hall–Kier alpha value is -1.81. The zero-order chi connectivity index (χ0) is 14.0. The maximum Gasteiger partial charge on any atom is 0.167 e. The van der Waals surface area contributed by atoms with Crippen LogP contribution in [0.2, 0.25) is 5.02 Å². The molecule has 0 aliphatic heterocycles. The predicted molar refractivity (Wildman–Crippen MR) is 65.8 cm³/mol. The molecule has 0 atom stereocenters. The van der Waals surface area contributed by atoms with Crippen molar-refractivity contribution in [3.63, 3.8) is 0 Å². The number of hydrogen-bond acceptors (Lipinski definition) is 1. The lowest BCUT2D eigenvalue weighted by molar-refractivity contribution is 0.0992. The summed E-state index contributed by atoms with van der Waals surface area (Å²) in [4.78, 5) is 11.9. The second-order valence-electron chi connectivity index (χ2n) is 3.97. The van der Waals surface area contributed by atoms with Gasteiger partial charge in [-0.1, -0.05) is 23.7 Å². The van der Waals surface area contributed by atoms with Crippen LogP contribution in [0.25, 0.3) is 0 Å². The number of rotatable bonds is 3. The Morgan fingerprint density at radius 1 is 1.05 bits per heavy atom. The van der Waals surface area contributed by atoms with Gasteiger partial charge in [0.05, 0.1) is 5.02 Å². The number of carbonyl (C=O) groups is 1. The Balaban J connectivity index is 2.28. The lowest BCUT2D eigenvalue weighted by Crippen LogP contribution is -2.05. The molecule has 0 saturated heterocycles. The Kier molecular flexibility index (Phi) is 3.90. The van der Waals surface area contributed by atoms with Crippen LogP contribution in [0, 0.1) is 17.5 Å². The van der Waals surface area contributed by atoms with Crippen LogP contribution in [0.5, 0.6) is 0 Å². The van der Waals surface area contributed by atoms with Crippen molar-refractivity contribution in [2.45, 2.75) is 6.42 Å². The average Bonchev–Trinajstić information content (AvgIpc) is 2.33. The Morgan fingerprint density at radius 2 is 1.68 bits per heavy atom. The van der Waals surface area contributed by atoms with Gasteiger partial charge >= 0.3 is 0 Å². The van der Waals surface area contributed by atoms with Crippen molar-refractivity contribution in [2.24, 2.45) is 0 Å². The fourth-order valence-corrected chi connectivity index (χ4v) is 1.87. The fraction of sp³-hybridized carbons (Fsp3) is 0.0714. The first-order chi connectivity index (χ1) is 8.97. The summed E-state index contributed by atoms with van der Waals surface area (Å²) in [6, 6.07) is 6.59. The molecular weight excluding hydrogens is 277 g/mol. The van der Waals surface area contributed by atoms with E-state index in [9.17, 15) is 18.0 Å². The van der Waals surface area contributed by atoms with Gasteiger partial charge in [0.1, 0.15) is 17.5 Å². The third-order valence-electron chi connectivity index (χ3n) is 2.57. The molecule has 0 saturated carbocycles. The summed E-state index contributed by atoms with van der Waals surface area (Å²) in [5.74, 6) is -2.86. The minimum atomic E-state index is -0.839. The van der Waals surface area contributed by atoms with Gasteiger partial charge in [-0.15, -0.1) is 0 Å². The molecule has 0 aliphatic carbocycles. The zero-order valence-electron chi connectivity index (χ0n) is 9.59. The molecule has 1 nitrogen and oxygen atoms in total. The molecule has 5 heteroatoms. The highest BCUT2D eigenvalue weighted by Crippen LogP contribution is 2.21. The normalized spacial score (nSPS) is 10.5. The van der Waals surface area contributed by atoms with Gasteiger partial charge < -0.3 is 0 Å². The first kappa shape index (κ1) is 13.6. The molecule has 0 heterocycles. The summed E-state index contributed by atoms with van der Waals surface area (Å²) in [5.41, 5.74) is 0.161. The molecule has 2 aromatic rings. The summed E-state index contributed by atoms with van der Waals surface area (Å²) in [6.45, 7) is 0. The van der Waals surface area contributed by atoms with E-state index in [2.05, 4.69) is 0 Å². The van der Waals surface area contributed by atoms with Gasteiger partial charge in [0, 0.05) is 18.1 Å². The third kappa shape index (κ3) is 3.15. The lowest BCUT2D eigenvalue weighted by atomic mass is 10.0. The Bertz CT molecular complexity index is 620. The quantitative estimate of drug-likeness (QED) is 0.773. The van der Waals surface area contributed by atoms with E-state index in [0.29, 0.717) is 6.07 Å². The molecule has 2 rings (SSSR count). The summed E-state index contributed by atoms with van der Waals surface area (Å²) < 4.78 is 39.2. The maximum atomic E-state index is 13.2. The average molecular weight is 285 g/mol. The van der Waals surface area contributed by atoms with Crippen LogP contribution < -0.4 is 0 Å². The van der Waals surface area contributed by atoms with Crippen LogP contribution in [-0.2, 0) is 6.42 Å². The molecule has 98 valence electrons. The van der Waals surface area contributed by atoms with Crippen molar-refractivity contribution < 1.29 is 18.0 Å². The van der Waals surface area contributed by atoms with Crippen LogP contribution in [0.15, 0.2) is 36.4 Å². The standard InChI is InChI=1S/C14H8ClF3O/c15-14-8(2-1-3-12(14)18)6-13(19)9-4-10(16)7-11(17)5-9/h1-5,7H,6H2. The number of benzene rings is 2. The smallest absolute Gasteiger partial charge is 0.167 e. The van der Waals surface area contributed by atoms with E-state index in [1.54, 1.807) is 0 Å². The lowest BCUT2D eigenvalue weighted by Gasteiger charge is -2.05. The maximum absolute atomic E-state index is 13.2. The molecule has 2 aromatic carbocycles. The molecule has 0 fully saturated rings. The number of halogens is 4. The van der Waals surface area contributed by atoms with Gasteiger partial charge in [-0.05, 0) is 23.8 Å².